The van der Waals surface area contributed by atoms with Gasteiger partial charge in [0, 0.05) is 11.9 Å². The van der Waals surface area contributed by atoms with Gasteiger partial charge in [-0.25, -0.2) is 14.4 Å². The normalized spacial score (nSPS) is 12.0. The number of benzene rings is 2. The molecular weight excluding hydrogens is 437 g/mol. The van der Waals surface area contributed by atoms with Gasteiger partial charge < -0.3 is 10.1 Å². The van der Waals surface area contributed by atoms with Crippen molar-refractivity contribution in [3.05, 3.63) is 84.5 Å². The molecule has 0 aliphatic rings. The highest BCUT2D eigenvalue weighted by Crippen LogP contribution is 2.34. The third-order valence-corrected chi connectivity index (χ3v) is 6.10. The van der Waals surface area contributed by atoms with Gasteiger partial charge >= 0.3 is 0 Å². The van der Waals surface area contributed by atoms with Crippen molar-refractivity contribution in [2.24, 2.45) is 5.92 Å². The summed E-state index contributed by atoms with van der Waals surface area (Å²) in [6, 6.07) is 10.5. The number of anilines is 1. The average Bonchev–Trinajstić information content (AvgIpc) is 2.87. The molecule has 0 bridgehead atoms. The standard InChI is InChI=1S/C30H36FN3O/c1-6-9-21(4)10-11-22(5)18-32-30-27-16-25(24-12-14-26(31)15-13-24)17-28(29(27)33-20-34-30)35-19-23(7-2)8-3/h9-17,20,23H,5-8,18-19H2,1-4H3,(H,32,33,34)/b11-10-,21-9+. The molecule has 0 saturated heterocycles. The van der Waals surface area contributed by atoms with E-state index in [0.717, 1.165) is 46.9 Å². The maximum atomic E-state index is 13.5. The zero-order valence-electron chi connectivity index (χ0n) is 21.3. The van der Waals surface area contributed by atoms with Crippen molar-refractivity contribution in [3.8, 4) is 16.9 Å². The third kappa shape index (κ3) is 7.25. The molecule has 1 aromatic heterocycles. The van der Waals surface area contributed by atoms with Crippen molar-refractivity contribution < 1.29 is 9.13 Å². The Bertz CT molecular complexity index is 1190. The summed E-state index contributed by atoms with van der Waals surface area (Å²) < 4.78 is 19.8. The lowest BCUT2D eigenvalue weighted by atomic mass is 10.0. The number of aromatic nitrogens is 2. The second kappa shape index (κ2) is 12.8. The molecule has 3 rings (SSSR count). The van der Waals surface area contributed by atoms with Gasteiger partial charge in [0.25, 0.3) is 0 Å². The average molecular weight is 474 g/mol. The van der Waals surface area contributed by atoms with Crippen LogP contribution < -0.4 is 10.1 Å². The summed E-state index contributed by atoms with van der Waals surface area (Å²) >= 11 is 0. The predicted molar refractivity (Wildman–Crippen MR) is 145 cm³/mol. The molecule has 0 fully saturated rings. The van der Waals surface area contributed by atoms with Crippen molar-refractivity contribution in [2.75, 3.05) is 18.5 Å². The van der Waals surface area contributed by atoms with E-state index in [1.807, 2.05) is 18.2 Å². The smallest absolute Gasteiger partial charge is 0.146 e. The van der Waals surface area contributed by atoms with Gasteiger partial charge in [-0.1, -0.05) is 76.1 Å². The molecule has 0 unspecified atom stereocenters. The summed E-state index contributed by atoms with van der Waals surface area (Å²) in [5.41, 5.74) is 4.74. The lowest BCUT2D eigenvalue weighted by Gasteiger charge is -2.17. The number of allylic oxidation sites excluding steroid dienone is 3. The van der Waals surface area contributed by atoms with E-state index in [0.29, 0.717) is 30.6 Å². The molecule has 35 heavy (non-hydrogen) atoms. The Hall–Kier alpha value is -3.47. The van der Waals surface area contributed by atoms with E-state index in [2.05, 4.69) is 61.7 Å². The van der Waals surface area contributed by atoms with Crippen molar-refractivity contribution in [1.82, 2.24) is 9.97 Å². The molecule has 184 valence electrons. The molecule has 0 atom stereocenters. The second-order valence-corrected chi connectivity index (χ2v) is 8.79. The Morgan fingerprint density at radius 1 is 1.06 bits per heavy atom. The maximum absolute atomic E-state index is 13.5. The molecule has 0 aliphatic heterocycles. The van der Waals surface area contributed by atoms with Crippen LogP contribution in [-0.2, 0) is 0 Å². The zero-order valence-corrected chi connectivity index (χ0v) is 21.3. The summed E-state index contributed by atoms with van der Waals surface area (Å²) in [6.07, 6.45) is 10.9. The quantitative estimate of drug-likeness (QED) is 0.270. The molecule has 1 N–H and O–H groups in total. The number of nitrogens with one attached hydrogen (secondary N) is 1. The summed E-state index contributed by atoms with van der Waals surface area (Å²) in [7, 11) is 0. The van der Waals surface area contributed by atoms with Gasteiger partial charge in [0.1, 0.15) is 29.2 Å². The molecule has 4 nitrogen and oxygen atoms in total. The first-order valence-electron chi connectivity index (χ1n) is 12.4. The van der Waals surface area contributed by atoms with Gasteiger partial charge in [-0.15, -0.1) is 0 Å². The van der Waals surface area contributed by atoms with Crippen LogP contribution >= 0.6 is 0 Å². The fourth-order valence-electron chi connectivity index (χ4n) is 3.82. The van der Waals surface area contributed by atoms with Crippen molar-refractivity contribution in [2.45, 2.75) is 47.0 Å². The van der Waals surface area contributed by atoms with Crippen LogP contribution in [0.5, 0.6) is 5.75 Å². The van der Waals surface area contributed by atoms with E-state index < -0.39 is 0 Å². The van der Waals surface area contributed by atoms with Gasteiger partial charge in [-0.2, -0.15) is 0 Å². The first-order valence-corrected chi connectivity index (χ1v) is 12.4. The van der Waals surface area contributed by atoms with Gasteiger partial charge in [0.05, 0.1) is 6.61 Å². The van der Waals surface area contributed by atoms with Gasteiger partial charge in [0.2, 0.25) is 0 Å². The number of nitrogens with zero attached hydrogens (tertiary/aromatic N) is 2. The minimum absolute atomic E-state index is 0.263. The maximum Gasteiger partial charge on any atom is 0.146 e. The minimum atomic E-state index is -0.263. The second-order valence-electron chi connectivity index (χ2n) is 8.79. The summed E-state index contributed by atoms with van der Waals surface area (Å²) in [6.45, 7) is 13.9. The van der Waals surface area contributed by atoms with Crippen molar-refractivity contribution in [3.63, 3.8) is 0 Å². The number of halogens is 1. The number of ether oxygens (including phenoxy) is 1. The number of rotatable bonds is 12. The molecule has 0 radical (unpaired) electrons. The van der Waals surface area contributed by atoms with Gasteiger partial charge in [-0.3, -0.25) is 0 Å². The van der Waals surface area contributed by atoms with E-state index in [9.17, 15) is 4.39 Å². The zero-order chi connectivity index (χ0) is 25.2. The van der Waals surface area contributed by atoms with Crippen molar-refractivity contribution >= 4 is 16.7 Å². The van der Waals surface area contributed by atoms with Crippen molar-refractivity contribution in [1.29, 1.82) is 0 Å². The molecular formula is C30H36FN3O. The van der Waals surface area contributed by atoms with Gasteiger partial charge in [0.15, 0.2) is 0 Å². The highest BCUT2D eigenvalue weighted by molar-refractivity contribution is 5.96. The van der Waals surface area contributed by atoms with E-state index in [1.165, 1.54) is 17.7 Å². The Kier molecular flexibility index (Phi) is 9.59. The molecule has 1 heterocycles. The molecule has 0 spiro atoms. The van der Waals surface area contributed by atoms with Crippen LogP contribution in [0.15, 0.2) is 78.7 Å². The molecule has 0 aliphatic carbocycles. The fraction of sp³-hybridized carbons (Fsp3) is 0.333. The lowest BCUT2D eigenvalue weighted by molar-refractivity contribution is 0.243. The predicted octanol–water partition coefficient (Wildman–Crippen LogP) is 8.13. The third-order valence-electron chi connectivity index (χ3n) is 6.10. The molecule has 0 saturated carbocycles. The van der Waals surface area contributed by atoms with Crippen LogP contribution in [0, 0.1) is 11.7 Å². The molecule has 0 amide bonds. The Morgan fingerprint density at radius 2 is 1.80 bits per heavy atom. The highest BCUT2D eigenvalue weighted by Gasteiger charge is 2.14. The van der Waals surface area contributed by atoms with E-state index in [-0.39, 0.29) is 5.82 Å². The fourth-order valence-corrected chi connectivity index (χ4v) is 3.82. The monoisotopic (exact) mass is 473 g/mol. The lowest BCUT2D eigenvalue weighted by Crippen LogP contribution is -2.11. The van der Waals surface area contributed by atoms with Crippen LogP contribution in [0.2, 0.25) is 0 Å². The summed E-state index contributed by atoms with van der Waals surface area (Å²) in [5.74, 6) is 1.63. The topological polar surface area (TPSA) is 47.0 Å². The number of hydrogen-bond acceptors (Lipinski definition) is 4. The Balaban J connectivity index is 1.95. The first-order chi connectivity index (χ1) is 16.9. The molecule has 5 heteroatoms. The van der Waals surface area contributed by atoms with Crippen LogP contribution in [0.4, 0.5) is 10.2 Å². The SMILES string of the molecule is C=C(/C=C\C(C)=C\CC)CNc1ncnc2c(OCC(CC)CC)cc(-c3ccc(F)cc3)cc12. The van der Waals surface area contributed by atoms with Crippen LogP contribution in [0.25, 0.3) is 22.0 Å². The Labute approximate surface area is 208 Å². The molecule has 3 aromatic rings. The first kappa shape index (κ1) is 26.1. The van der Waals surface area contributed by atoms with E-state index in [1.54, 1.807) is 18.5 Å². The molecule has 2 aromatic carbocycles. The summed E-state index contributed by atoms with van der Waals surface area (Å²) in [5, 5.41) is 4.26. The van der Waals surface area contributed by atoms with Crippen LogP contribution in [0.3, 0.4) is 0 Å². The number of fused-ring (bicyclic) bond motifs is 1. The van der Waals surface area contributed by atoms with Crippen LogP contribution in [0.1, 0.15) is 47.0 Å². The van der Waals surface area contributed by atoms with Crippen LogP contribution in [-0.4, -0.2) is 23.1 Å². The Morgan fingerprint density at radius 3 is 2.49 bits per heavy atom. The van der Waals surface area contributed by atoms with E-state index in [4.69, 9.17) is 4.74 Å². The largest absolute Gasteiger partial charge is 0.491 e. The van der Waals surface area contributed by atoms with E-state index >= 15 is 0 Å². The number of hydrogen-bond donors (Lipinski definition) is 1. The minimum Gasteiger partial charge on any atom is -0.491 e. The van der Waals surface area contributed by atoms with Gasteiger partial charge in [-0.05, 0) is 60.2 Å². The highest BCUT2D eigenvalue weighted by atomic mass is 19.1. The summed E-state index contributed by atoms with van der Waals surface area (Å²) in [4.78, 5) is 9.05.